The second-order valence-electron chi connectivity index (χ2n) is 3.76. The number of hydrogen-bond acceptors (Lipinski definition) is 3. The number of hydrogen-bond donors (Lipinski definition) is 2. The minimum absolute atomic E-state index is 0.668. The molecule has 4 nitrogen and oxygen atoms in total. The van der Waals surface area contributed by atoms with Crippen LogP contribution in [0.1, 0.15) is 17.7 Å². The normalized spacial score (nSPS) is 10.0. The summed E-state index contributed by atoms with van der Waals surface area (Å²) in [6.45, 7) is 4.24. The van der Waals surface area contributed by atoms with Gasteiger partial charge in [0.05, 0.1) is 0 Å². The van der Waals surface area contributed by atoms with Crippen LogP contribution < -0.4 is 10.6 Å². The smallest absolute Gasteiger partial charge is 0.166 e. The maximum atomic E-state index is 5.15. The van der Waals surface area contributed by atoms with Gasteiger partial charge in [-0.3, -0.25) is 4.98 Å². The second kappa shape index (κ2) is 7.97. The zero-order valence-electron chi connectivity index (χ0n) is 10.3. The van der Waals surface area contributed by atoms with Gasteiger partial charge in [0.15, 0.2) is 5.11 Å². The fourth-order valence-electron chi connectivity index (χ4n) is 1.27. The quantitative estimate of drug-likeness (QED) is 0.592. The van der Waals surface area contributed by atoms with E-state index in [4.69, 9.17) is 17.0 Å². The molecule has 0 radical (unpaired) electrons. The van der Waals surface area contributed by atoms with Crippen LogP contribution in [0.25, 0.3) is 0 Å². The number of thiocarbonyl (C=S) groups is 1. The highest BCUT2D eigenvalue weighted by Gasteiger charge is 1.96. The minimum atomic E-state index is 0.668. The van der Waals surface area contributed by atoms with Crippen LogP contribution in [0.3, 0.4) is 0 Å². The third kappa shape index (κ3) is 6.19. The largest absolute Gasteiger partial charge is 0.385 e. The van der Waals surface area contributed by atoms with E-state index in [0.29, 0.717) is 11.7 Å². The molecule has 1 heterocycles. The van der Waals surface area contributed by atoms with Crippen molar-refractivity contribution >= 4 is 17.3 Å². The van der Waals surface area contributed by atoms with Crippen LogP contribution in [0, 0.1) is 6.92 Å². The summed E-state index contributed by atoms with van der Waals surface area (Å²) in [6.07, 6.45) is 2.81. The molecule has 0 atom stereocenters. The molecule has 0 spiro atoms. The molecule has 0 amide bonds. The number of rotatable bonds is 6. The fraction of sp³-hybridized carbons (Fsp3) is 0.500. The zero-order chi connectivity index (χ0) is 12.5. The summed E-state index contributed by atoms with van der Waals surface area (Å²) in [4.78, 5) is 4.22. The lowest BCUT2D eigenvalue weighted by atomic mass is 10.2. The molecule has 0 aromatic carbocycles. The summed E-state index contributed by atoms with van der Waals surface area (Å²) in [5.74, 6) is 0. The van der Waals surface area contributed by atoms with Crippen LogP contribution >= 0.6 is 12.2 Å². The Kier molecular flexibility index (Phi) is 6.50. The van der Waals surface area contributed by atoms with Gasteiger partial charge in [0.25, 0.3) is 0 Å². The molecule has 0 aliphatic carbocycles. The van der Waals surface area contributed by atoms with Gasteiger partial charge in [-0.05, 0) is 37.2 Å². The number of nitrogens with one attached hydrogen (secondary N) is 2. The summed E-state index contributed by atoms with van der Waals surface area (Å²) in [6, 6.07) is 4.04. The van der Waals surface area contributed by atoms with E-state index >= 15 is 0 Å². The van der Waals surface area contributed by atoms with Gasteiger partial charge in [0, 0.05) is 38.7 Å². The molecular formula is C12H19N3OS. The fourth-order valence-corrected chi connectivity index (χ4v) is 1.44. The lowest BCUT2D eigenvalue weighted by molar-refractivity contribution is 0.195. The Labute approximate surface area is 108 Å². The average molecular weight is 253 g/mol. The summed E-state index contributed by atoms with van der Waals surface area (Å²) < 4.78 is 4.95. The number of aromatic nitrogens is 1. The Morgan fingerprint density at radius 2 is 2.24 bits per heavy atom. The van der Waals surface area contributed by atoms with E-state index < -0.39 is 0 Å². The van der Waals surface area contributed by atoms with E-state index in [1.807, 2.05) is 25.3 Å². The van der Waals surface area contributed by atoms with E-state index in [9.17, 15) is 0 Å². The Bertz CT molecular complexity index is 340. The summed E-state index contributed by atoms with van der Waals surface area (Å²) >= 11 is 5.15. The van der Waals surface area contributed by atoms with Crippen molar-refractivity contribution in [3.63, 3.8) is 0 Å². The highest BCUT2D eigenvalue weighted by Crippen LogP contribution is 1.98. The van der Waals surface area contributed by atoms with Crippen molar-refractivity contribution in [2.75, 3.05) is 20.3 Å². The molecule has 0 aliphatic rings. The van der Waals surface area contributed by atoms with Gasteiger partial charge < -0.3 is 15.4 Å². The van der Waals surface area contributed by atoms with Crippen molar-refractivity contribution < 1.29 is 4.74 Å². The van der Waals surface area contributed by atoms with Crippen molar-refractivity contribution in [1.82, 2.24) is 15.6 Å². The molecule has 94 valence electrons. The molecule has 17 heavy (non-hydrogen) atoms. The molecule has 5 heteroatoms. The maximum absolute atomic E-state index is 5.15. The van der Waals surface area contributed by atoms with Gasteiger partial charge in [0.2, 0.25) is 0 Å². The van der Waals surface area contributed by atoms with E-state index in [1.54, 1.807) is 7.11 Å². The van der Waals surface area contributed by atoms with Crippen molar-refractivity contribution in [2.24, 2.45) is 0 Å². The first-order valence-corrected chi connectivity index (χ1v) is 6.05. The van der Waals surface area contributed by atoms with Crippen LogP contribution in [-0.2, 0) is 11.3 Å². The summed E-state index contributed by atoms with van der Waals surface area (Å²) in [7, 11) is 1.70. The Morgan fingerprint density at radius 1 is 1.41 bits per heavy atom. The molecular weight excluding hydrogens is 234 g/mol. The number of methoxy groups -OCH3 is 1. The number of aryl methyl sites for hydroxylation is 1. The number of nitrogens with zero attached hydrogens (tertiary/aromatic N) is 1. The lowest BCUT2D eigenvalue weighted by Crippen LogP contribution is -2.35. The molecule has 0 fully saturated rings. The van der Waals surface area contributed by atoms with Gasteiger partial charge in [-0.2, -0.15) is 0 Å². The molecule has 1 aromatic heterocycles. The number of ether oxygens (including phenoxy) is 1. The summed E-state index contributed by atoms with van der Waals surface area (Å²) in [5.41, 5.74) is 2.14. The highest BCUT2D eigenvalue weighted by molar-refractivity contribution is 7.80. The third-order valence-electron chi connectivity index (χ3n) is 2.24. The highest BCUT2D eigenvalue weighted by atomic mass is 32.1. The van der Waals surface area contributed by atoms with Crippen LogP contribution in [0.5, 0.6) is 0 Å². The standard InChI is InChI=1S/C12H19N3OS/c1-10-4-5-11(8-14-10)9-15-12(17)13-6-3-7-16-2/h4-5,8H,3,6-7,9H2,1-2H3,(H2,13,15,17). The van der Waals surface area contributed by atoms with Crippen LogP contribution in [0.2, 0.25) is 0 Å². The van der Waals surface area contributed by atoms with Crippen molar-refractivity contribution in [3.05, 3.63) is 29.6 Å². The predicted molar refractivity (Wildman–Crippen MR) is 72.9 cm³/mol. The minimum Gasteiger partial charge on any atom is -0.385 e. The predicted octanol–water partition coefficient (Wildman–Crippen LogP) is 1.39. The van der Waals surface area contributed by atoms with Crippen LogP contribution in [-0.4, -0.2) is 30.4 Å². The molecule has 1 rings (SSSR count). The maximum Gasteiger partial charge on any atom is 0.166 e. The molecule has 0 unspecified atom stereocenters. The van der Waals surface area contributed by atoms with Crippen LogP contribution in [0.4, 0.5) is 0 Å². The first-order chi connectivity index (χ1) is 8.22. The van der Waals surface area contributed by atoms with Gasteiger partial charge in [-0.1, -0.05) is 6.07 Å². The lowest BCUT2D eigenvalue weighted by Gasteiger charge is -2.10. The zero-order valence-corrected chi connectivity index (χ0v) is 11.1. The number of pyridine rings is 1. The Morgan fingerprint density at radius 3 is 2.88 bits per heavy atom. The summed E-state index contributed by atoms with van der Waals surface area (Å²) in [5, 5.41) is 6.92. The monoisotopic (exact) mass is 253 g/mol. The van der Waals surface area contributed by atoms with Gasteiger partial charge in [0.1, 0.15) is 0 Å². The Hall–Kier alpha value is -1.20. The topological polar surface area (TPSA) is 46.2 Å². The second-order valence-corrected chi connectivity index (χ2v) is 4.17. The van der Waals surface area contributed by atoms with Gasteiger partial charge >= 0.3 is 0 Å². The van der Waals surface area contributed by atoms with Crippen molar-refractivity contribution in [3.8, 4) is 0 Å². The van der Waals surface area contributed by atoms with Gasteiger partial charge in [-0.15, -0.1) is 0 Å². The SMILES string of the molecule is COCCCNC(=S)NCc1ccc(C)nc1. The van der Waals surface area contributed by atoms with E-state index in [2.05, 4.69) is 15.6 Å². The molecule has 0 aliphatic heterocycles. The first-order valence-electron chi connectivity index (χ1n) is 5.64. The van der Waals surface area contributed by atoms with Crippen molar-refractivity contribution in [2.45, 2.75) is 19.9 Å². The third-order valence-corrected chi connectivity index (χ3v) is 2.53. The molecule has 1 aromatic rings. The van der Waals surface area contributed by atoms with E-state index in [1.165, 1.54) is 0 Å². The van der Waals surface area contributed by atoms with Crippen LogP contribution in [0.15, 0.2) is 18.3 Å². The first kappa shape index (κ1) is 13.9. The Balaban J connectivity index is 2.17. The molecule has 0 bridgehead atoms. The molecule has 0 saturated heterocycles. The molecule has 2 N–H and O–H groups in total. The van der Waals surface area contributed by atoms with Gasteiger partial charge in [-0.25, -0.2) is 0 Å². The van der Waals surface area contributed by atoms with E-state index in [0.717, 1.165) is 30.8 Å². The van der Waals surface area contributed by atoms with E-state index in [-0.39, 0.29) is 0 Å². The average Bonchev–Trinajstić information content (AvgIpc) is 2.34. The van der Waals surface area contributed by atoms with Crippen molar-refractivity contribution in [1.29, 1.82) is 0 Å². The molecule has 0 saturated carbocycles.